The minimum Gasteiger partial charge on any atom is -0.507 e. The molecule has 1 N–H and O–H groups in total. The molecule has 0 bridgehead atoms. The first-order valence-corrected chi connectivity index (χ1v) is 11.2. The maximum absolute atomic E-state index is 13.1. The van der Waals surface area contributed by atoms with Crippen LogP contribution in [0, 0.1) is 0 Å². The lowest BCUT2D eigenvalue weighted by Crippen LogP contribution is -2.31. The molecule has 1 aliphatic rings. The number of benzene rings is 2. The second kappa shape index (κ2) is 11.3. The van der Waals surface area contributed by atoms with Gasteiger partial charge in [-0.1, -0.05) is 17.7 Å². The van der Waals surface area contributed by atoms with E-state index in [0.717, 1.165) is 0 Å². The average molecular weight is 490 g/mol. The normalized spacial score (nSPS) is 17.2. The third-order valence-corrected chi connectivity index (χ3v) is 5.81. The van der Waals surface area contributed by atoms with Crippen molar-refractivity contribution in [2.24, 2.45) is 0 Å². The number of amides is 1. The van der Waals surface area contributed by atoms with Crippen molar-refractivity contribution in [1.29, 1.82) is 0 Å². The Labute approximate surface area is 203 Å². The molecule has 1 unspecified atom stereocenters. The molecule has 1 heterocycles. The number of ketones is 1. The summed E-state index contributed by atoms with van der Waals surface area (Å²) in [5.41, 5.74) is 0.858. The van der Waals surface area contributed by atoms with E-state index in [9.17, 15) is 14.7 Å². The molecule has 1 saturated heterocycles. The summed E-state index contributed by atoms with van der Waals surface area (Å²) in [4.78, 5) is 27.6. The van der Waals surface area contributed by atoms with E-state index in [-0.39, 0.29) is 22.9 Å². The van der Waals surface area contributed by atoms with Crippen molar-refractivity contribution in [1.82, 2.24) is 4.90 Å². The minimum atomic E-state index is -0.831. The molecule has 0 aliphatic carbocycles. The number of methoxy groups -OCH3 is 3. The van der Waals surface area contributed by atoms with Crippen LogP contribution in [-0.4, -0.2) is 62.8 Å². The summed E-state index contributed by atoms with van der Waals surface area (Å²) < 4.78 is 21.3. The number of aliphatic hydroxyl groups is 1. The summed E-state index contributed by atoms with van der Waals surface area (Å²) in [5, 5.41) is 11.5. The van der Waals surface area contributed by atoms with E-state index in [0.29, 0.717) is 48.0 Å². The Kier molecular flexibility index (Phi) is 8.41. The van der Waals surface area contributed by atoms with Crippen LogP contribution in [0.25, 0.3) is 5.76 Å². The number of carbonyl (C=O) groups excluding carboxylic acids is 2. The Balaban J connectivity index is 2.15. The van der Waals surface area contributed by atoms with Crippen molar-refractivity contribution in [3.05, 3.63) is 58.1 Å². The summed E-state index contributed by atoms with van der Waals surface area (Å²) in [6, 6.07) is 9.00. The van der Waals surface area contributed by atoms with Crippen LogP contribution < -0.4 is 14.2 Å². The van der Waals surface area contributed by atoms with Gasteiger partial charge >= 0.3 is 0 Å². The van der Waals surface area contributed by atoms with Gasteiger partial charge in [-0.3, -0.25) is 9.59 Å². The highest BCUT2D eigenvalue weighted by molar-refractivity contribution is 6.46. The van der Waals surface area contributed by atoms with E-state index in [2.05, 4.69) is 0 Å². The van der Waals surface area contributed by atoms with Crippen molar-refractivity contribution in [3.8, 4) is 17.2 Å². The molecule has 1 amide bonds. The average Bonchev–Trinajstić information content (AvgIpc) is 3.09. The number of rotatable bonds is 10. The van der Waals surface area contributed by atoms with Crippen LogP contribution in [0.3, 0.4) is 0 Å². The molecule has 2 aromatic rings. The van der Waals surface area contributed by atoms with Crippen LogP contribution in [0.4, 0.5) is 0 Å². The number of ether oxygens (including phenoxy) is 4. The zero-order valence-electron chi connectivity index (χ0n) is 19.6. The fraction of sp³-hybridized carbons (Fsp3) is 0.360. The molecule has 9 heteroatoms. The van der Waals surface area contributed by atoms with Crippen molar-refractivity contribution >= 4 is 29.1 Å². The molecule has 1 atom stereocenters. The van der Waals surface area contributed by atoms with Gasteiger partial charge in [-0.25, -0.2) is 0 Å². The molecule has 182 valence electrons. The van der Waals surface area contributed by atoms with Crippen LogP contribution in [-0.2, 0) is 14.3 Å². The lowest BCUT2D eigenvalue weighted by atomic mass is 9.95. The van der Waals surface area contributed by atoms with Gasteiger partial charge in [-0.05, 0) is 49.2 Å². The van der Waals surface area contributed by atoms with E-state index in [1.165, 1.54) is 25.2 Å². The van der Waals surface area contributed by atoms with Crippen molar-refractivity contribution in [3.63, 3.8) is 0 Å². The molecule has 0 saturated carbocycles. The number of halogens is 1. The largest absolute Gasteiger partial charge is 0.507 e. The van der Waals surface area contributed by atoms with Crippen LogP contribution in [0.15, 0.2) is 42.0 Å². The van der Waals surface area contributed by atoms with Gasteiger partial charge in [0, 0.05) is 25.8 Å². The summed E-state index contributed by atoms with van der Waals surface area (Å²) in [6.45, 7) is 2.93. The summed E-state index contributed by atoms with van der Waals surface area (Å²) in [7, 11) is 4.58. The van der Waals surface area contributed by atoms with E-state index in [1.54, 1.807) is 37.4 Å². The molecular formula is C25H28ClNO7. The zero-order valence-corrected chi connectivity index (χ0v) is 20.3. The smallest absolute Gasteiger partial charge is 0.295 e. The van der Waals surface area contributed by atoms with Crippen LogP contribution in [0.1, 0.15) is 30.5 Å². The van der Waals surface area contributed by atoms with Gasteiger partial charge < -0.3 is 29.0 Å². The van der Waals surface area contributed by atoms with Crippen molar-refractivity contribution < 1.29 is 33.6 Å². The first-order chi connectivity index (χ1) is 16.4. The second-order valence-electron chi connectivity index (χ2n) is 7.53. The first kappa shape index (κ1) is 25.4. The van der Waals surface area contributed by atoms with Gasteiger partial charge in [0.05, 0.1) is 37.5 Å². The van der Waals surface area contributed by atoms with Gasteiger partial charge in [-0.15, -0.1) is 0 Å². The van der Waals surface area contributed by atoms with Crippen molar-refractivity contribution in [2.75, 3.05) is 41.1 Å². The maximum Gasteiger partial charge on any atom is 0.295 e. The molecule has 1 fully saturated rings. The lowest BCUT2D eigenvalue weighted by Gasteiger charge is -2.26. The van der Waals surface area contributed by atoms with Gasteiger partial charge in [0.1, 0.15) is 11.5 Å². The number of hydrogen-bond acceptors (Lipinski definition) is 7. The van der Waals surface area contributed by atoms with Gasteiger partial charge in [0.2, 0.25) is 0 Å². The Hall–Kier alpha value is -3.23. The van der Waals surface area contributed by atoms with E-state index in [4.69, 9.17) is 30.5 Å². The number of Topliss-reactive ketones (excluding diaryl/α,β-unsaturated/α-hetero) is 1. The summed E-state index contributed by atoms with van der Waals surface area (Å²) in [5.74, 6) is -0.406. The van der Waals surface area contributed by atoms with E-state index in [1.807, 2.05) is 6.92 Å². The molecule has 8 nitrogen and oxygen atoms in total. The number of hydrogen-bond donors (Lipinski definition) is 1. The number of carbonyl (C=O) groups is 2. The molecule has 0 spiro atoms. The zero-order chi connectivity index (χ0) is 24.8. The van der Waals surface area contributed by atoms with E-state index < -0.39 is 17.7 Å². The Morgan fingerprint density at radius 3 is 2.35 bits per heavy atom. The molecular weight excluding hydrogens is 462 g/mol. The number of nitrogens with zero attached hydrogens (tertiary/aromatic N) is 1. The molecule has 3 rings (SSSR count). The Bertz CT molecular complexity index is 1100. The van der Waals surface area contributed by atoms with Gasteiger partial charge in [0.25, 0.3) is 11.7 Å². The molecule has 34 heavy (non-hydrogen) atoms. The highest BCUT2D eigenvalue weighted by atomic mass is 35.5. The van der Waals surface area contributed by atoms with Crippen LogP contribution in [0.2, 0.25) is 5.02 Å². The lowest BCUT2D eigenvalue weighted by molar-refractivity contribution is -0.140. The first-order valence-electron chi connectivity index (χ1n) is 10.8. The molecule has 0 aromatic heterocycles. The highest BCUT2D eigenvalue weighted by Crippen LogP contribution is 2.42. The predicted octanol–water partition coefficient (Wildman–Crippen LogP) is 4.21. The Morgan fingerprint density at radius 1 is 1.03 bits per heavy atom. The second-order valence-corrected chi connectivity index (χ2v) is 7.94. The van der Waals surface area contributed by atoms with Crippen LogP contribution in [0.5, 0.6) is 17.2 Å². The number of likely N-dealkylation sites (tertiary alicyclic amines) is 1. The van der Waals surface area contributed by atoms with Crippen molar-refractivity contribution in [2.45, 2.75) is 19.4 Å². The topological polar surface area (TPSA) is 94.5 Å². The number of aliphatic hydroxyl groups excluding tert-OH is 1. The maximum atomic E-state index is 13.1. The SMILES string of the molecule is CCOc1ccc(C(O)=C2C(=O)C(=O)N(CCCOC)C2c2ccc(OC)c(OC)c2)cc1Cl. The van der Waals surface area contributed by atoms with Crippen LogP contribution >= 0.6 is 11.6 Å². The third-order valence-electron chi connectivity index (χ3n) is 5.52. The standard InChI is InChI=1S/C25H28ClNO7/c1-5-34-18-9-8-16(13-17(18)26)23(28)21-22(15-7-10-19(32-3)20(14-15)33-4)27(11-6-12-31-2)25(30)24(21)29/h7-10,13-14,22,28H,5-6,11-12H2,1-4H3. The highest BCUT2D eigenvalue weighted by Gasteiger charge is 2.46. The predicted molar refractivity (Wildman–Crippen MR) is 128 cm³/mol. The Morgan fingerprint density at radius 2 is 1.74 bits per heavy atom. The third kappa shape index (κ3) is 4.98. The summed E-state index contributed by atoms with van der Waals surface area (Å²) in [6.07, 6.45) is 0.516. The molecule has 2 aromatic carbocycles. The van der Waals surface area contributed by atoms with E-state index >= 15 is 0 Å². The monoisotopic (exact) mass is 489 g/mol. The molecule has 1 aliphatic heterocycles. The van der Waals surface area contributed by atoms with Gasteiger partial charge in [-0.2, -0.15) is 0 Å². The summed E-state index contributed by atoms with van der Waals surface area (Å²) >= 11 is 6.30. The quantitative estimate of drug-likeness (QED) is 0.231. The minimum absolute atomic E-state index is 0.0325. The fourth-order valence-corrected chi connectivity index (χ4v) is 4.17. The molecule has 0 radical (unpaired) electrons. The fourth-order valence-electron chi connectivity index (χ4n) is 3.94. The van der Waals surface area contributed by atoms with Gasteiger partial charge in [0.15, 0.2) is 11.5 Å².